The second kappa shape index (κ2) is 10.2. The van der Waals surface area contributed by atoms with Crippen molar-refractivity contribution in [3.8, 4) is 28.3 Å². The Hall–Kier alpha value is -4.63. The van der Waals surface area contributed by atoms with Gasteiger partial charge in [-0.3, -0.25) is 4.98 Å². The zero-order valence-corrected chi connectivity index (χ0v) is 20.5. The molecule has 1 saturated heterocycles. The second-order valence-electron chi connectivity index (χ2n) is 8.79. The number of rotatable bonds is 6. The summed E-state index contributed by atoms with van der Waals surface area (Å²) in [5.41, 5.74) is 6.76. The van der Waals surface area contributed by atoms with E-state index in [0.717, 1.165) is 60.2 Å². The van der Waals surface area contributed by atoms with E-state index in [-0.39, 0.29) is 0 Å². The fourth-order valence-electron chi connectivity index (χ4n) is 4.29. The van der Waals surface area contributed by atoms with Gasteiger partial charge in [0.05, 0.1) is 24.6 Å². The van der Waals surface area contributed by atoms with Crippen LogP contribution < -0.4 is 10.2 Å². The highest BCUT2D eigenvalue weighted by Gasteiger charge is 2.12. The maximum atomic E-state index is 5.48. The van der Waals surface area contributed by atoms with Crippen LogP contribution in [-0.2, 0) is 4.74 Å². The van der Waals surface area contributed by atoms with Crippen molar-refractivity contribution in [1.82, 2.24) is 29.7 Å². The summed E-state index contributed by atoms with van der Waals surface area (Å²) in [6.07, 6.45) is 5.26. The van der Waals surface area contributed by atoms with Gasteiger partial charge in [-0.2, -0.15) is 0 Å². The number of nitrogens with zero attached hydrogens (tertiary/aromatic N) is 7. The first-order valence-electron chi connectivity index (χ1n) is 12.2. The molecule has 0 unspecified atom stereocenters. The minimum absolute atomic E-state index is 0.540. The molecule has 0 saturated carbocycles. The summed E-state index contributed by atoms with van der Waals surface area (Å²) in [5.74, 6) is 1.20. The molecule has 1 aliphatic rings. The molecule has 9 heteroatoms. The summed E-state index contributed by atoms with van der Waals surface area (Å²) in [4.78, 5) is 20.2. The quantitative estimate of drug-likeness (QED) is 0.367. The first-order chi connectivity index (χ1) is 18.2. The van der Waals surface area contributed by atoms with Crippen molar-refractivity contribution >= 4 is 17.3 Å². The van der Waals surface area contributed by atoms with Crippen molar-refractivity contribution < 1.29 is 4.74 Å². The molecular weight excluding hydrogens is 464 g/mol. The highest BCUT2D eigenvalue weighted by Crippen LogP contribution is 2.25. The lowest BCUT2D eigenvalue weighted by atomic mass is 10.1. The van der Waals surface area contributed by atoms with Crippen molar-refractivity contribution in [2.75, 3.05) is 36.5 Å². The zero-order chi connectivity index (χ0) is 25.0. The molecule has 0 amide bonds. The summed E-state index contributed by atoms with van der Waals surface area (Å²) >= 11 is 0. The van der Waals surface area contributed by atoms with E-state index >= 15 is 0 Å². The number of nitrogens with one attached hydrogen (secondary N) is 1. The standard InChI is InChI=1S/C28H26N8O/c1-20-17-22(9-11-29-20)27-31-19-36(34-27)24-7-5-23(6-8-24)32-28-30-12-10-26(33-28)21-3-2-4-25(18-21)35-13-15-37-16-14-35/h2-12,17-19H,13-16H2,1H3,(H,30,32,33). The Morgan fingerprint density at radius 2 is 1.65 bits per heavy atom. The van der Waals surface area contributed by atoms with Crippen molar-refractivity contribution in [3.05, 3.63) is 91.1 Å². The molecule has 6 rings (SSSR count). The molecule has 37 heavy (non-hydrogen) atoms. The van der Waals surface area contributed by atoms with Gasteiger partial charge in [0.25, 0.3) is 0 Å². The molecule has 1 aliphatic heterocycles. The molecule has 2 aromatic carbocycles. The van der Waals surface area contributed by atoms with Crippen LogP contribution >= 0.6 is 0 Å². The molecule has 184 valence electrons. The number of benzene rings is 2. The predicted molar refractivity (Wildman–Crippen MR) is 143 cm³/mol. The highest BCUT2D eigenvalue weighted by molar-refractivity contribution is 5.67. The van der Waals surface area contributed by atoms with Gasteiger partial charge >= 0.3 is 0 Å². The Morgan fingerprint density at radius 3 is 2.49 bits per heavy atom. The van der Waals surface area contributed by atoms with E-state index in [0.29, 0.717) is 11.8 Å². The van der Waals surface area contributed by atoms with E-state index in [1.54, 1.807) is 23.4 Å². The summed E-state index contributed by atoms with van der Waals surface area (Å²) in [7, 11) is 0. The maximum absolute atomic E-state index is 5.48. The van der Waals surface area contributed by atoms with Crippen molar-refractivity contribution in [2.45, 2.75) is 6.92 Å². The van der Waals surface area contributed by atoms with Crippen molar-refractivity contribution in [1.29, 1.82) is 0 Å². The molecule has 0 spiro atoms. The van der Waals surface area contributed by atoms with Crippen LogP contribution in [0.15, 0.2) is 85.5 Å². The van der Waals surface area contributed by atoms with Gasteiger partial charge in [-0.05, 0) is 61.5 Å². The van der Waals surface area contributed by atoms with E-state index in [9.17, 15) is 0 Å². The largest absolute Gasteiger partial charge is 0.378 e. The molecule has 5 aromatic rings. The van der Waals surface area contributed by atoms with Gasteiger partial charge in [-0.1, -0.05) is 12.1 Å². The summed E-state index contributed by atoms with van der Waals surface area (Å²) < 4.78 is 7.24. The van der Waals surface area contributed by atoms with Crippen LogP contribution in [-0.4, -0.2) is 56.0 Å². The number of aryl methyl sites for hydroxylation is 1. The number of ether oxygens (including phenoxy) is 1. The third-order valence-corrected chi connectivity index (χ3v) is 6.21. The Balaban J connectivity index is 1.17. The topological polar surface area (TPSA) is 93.9 Å². The SMILES string of the molecule is Cc1cc(-c2ncn(-c3ccc(Nc4nccc(-c5cccc(N6CCOCC6)c5)n4)cc3)n2)ccn1. The van der Waals surface area contributed by atoms with E-state index in [1.807, 2.05) is 49.4 Å². The summed E-state index contributed by atoms with van der Waals surface area (Å²) in [6.45, 7) is 5.26. The Bertz CT molecular complexity index is 1510. The lowest BCUT2D eigenvalue weighted by Crippen LogP contribution is -2.36. The monoisotopic (exact) mass is 490 g/mol. The van der Waals surface area contributed by atoms with Crippen molar-refractivity contribution in [2.24, 2.45) is 0 Å². The molecule has 0 aliphatic carbocycles. The molecule has 0 atom stereocenters. The summed E-state index contributed by atoms with van der Waals surface area (Å²) in [5, 5.41) is 7.92. The van der Waals surface area contributed by atoms with E-state index in [2.05, 4.69) is 54.5 Å². The van der Waals surface area contributed by atoms with Crippen LogP contribution in [0, 0.1) is 6.92 Å². The summed E-state index contributed by atoms with van der Waals surface area (Å²) in [6, 6.07) is 22.2. The second-order valence-corrected chi connectivity index (χ2v) is 8.79. The van der Waals surface area contributed by atoms with Crippen LogP contribution in [0.25, 0.3) is 28.3 Å². The minimum Gasteiger partial charge on any atom is -0.378 e. The molecular formula is C28H26N8O. The number of anilines is 3. The number of hydrogen-bond donors (Lipinski definition) is 1. The molecule has 9 nitrogen and oxygen atoms in total. The smallest absolute Gasteiger partial charge is 0.227 e. The number of aromatic nitrogens is 6. The average Bonchev–Trinajstić information content (AvgIpc) is 3.45. The number of hydrogen-bond acceptors (Lipinski definition) is 8. The lowest BCUT2D eigenvalue weighted by molar-refractivity contribution is 0.122. The van der Waals surface area contributed by atoms with Crippen LogP contribution in [0.1, 0.15) is 5.69 Å². The van der Waals surface area contributed by atoms with E-state index in [4.69, 9.17) is 9.72 Å². The minimum atomic E-state index is 0.540. The zero-order valence-electron chi connectivity index (χ0n) is 20.5. The number of morpholine rings is 1. The highest BCUT2D eigenvalue weighted by atomic mass is 16.5. The van der Waals surface area contributed by atoms with Gasteiger partial charge in [0.15, 0.2) is 5.82 Å². The normalized spacial score (nSPS) is 13.5. The first kappa shape index (κ1) is 22.8. The van der Waals surface area contributed by atoms with Gasteiger partial charge in [0.2, 0.25) is 5.95 Å². The lowest BCUT2D eigenvalue weighted by Gasteiger charge is -2.29. The Labute approximate surface area is 214 Å². The van der Waals surface area contributed by atoms with Crippen LogP contribution in [0.4, 0.5) is 17.3 Å². The molecule has 3 aromatic heterocycles. The average molecular weight is 491 g/mol. The molecule has 4 heterocycles. The molecule has 1 N–H and O–H groups in total. The number of pyridine rings is 1. The van der Waals surface area contributed by atoms with Gasteiger partial charge in [-0.25, -0.2) is 19.6 Å². The van der Waals surface area contributed by atoms with Gasteiger partial charge in [-0.15, -0.1) is 5.10 Å². The predicted octanol–water partition coefficient (Wildman–Crippen LogP) is 4.67. The van der Waals surface area contributed by atoms with Crippen LogP contribution in [0.2, 0.25) is 0 Å². The van der Waals surface area contributed by atoms with Crippen LogP contribution in [0.3, 0.4) is 0 Å². The van der Waals surface area contributed by atoms with Crippen LogP contribution in [0.5, 0.6) is 0 Å². The molecule has 0 radical (unpaired) electrons. The third-order valence-electron chi connectivity index (χ3n) is 6.21. The Kier molecular flexibility index (Phi) is 6.26. The van der Waals surface area contributed by atoms with Crippen molar-refractivity contribution in [3.63, 3.8) is 0 Å². The fraction of sp³-hybridized carbons (Fsp3) is 0.179. The van der Waals surface area contributed by atoms with Gasteiger partial charge in [0.1, 0.15) is 6.33 Å². The van der Waals surface area contributed by atoms with E-state index in [1.165, 1.54) is 5.69 Å². The van der Waals surface area contributed by atoms with Gasteiger partial charge < -0.3 is 15.0 Å². The first-order valence-corrected chi connectivity index (χ1v) is 12.2. The molecule has 1 fully saturated rings. The third kappa shape index (κ3) is 5.17. The Morgan fingerprint density at radius 1 is 0.811 bits per heavy atom. The van der Waals surface area contributed by atoms with Gasteiger partial charge in [0, 0.05) is 53.7 Å². The molecule has 0 bridgehead atoms. The van der Waals surface area contributed by atoms with E-state index < -0.39 is 0 Å². The fourth-order valence-corrected chi connectivity index (χ4v) is 4.29. The maximum Gasteiger partial charge on any atom is 0.227 e.